The second-order valence-electron chi connectivity index (χ2n) is 7.43. The molecule has 0 unspecified atom stereocenters. The highest BCUT2D eigenvalue weighted by Crippen LogP contribution is 2.26. The third-order valence-corrected chi connectivity index (χ3v) is 5.03. The lowest BCUT2D eigenvalue weighted by atomic mass is 9.97. The van der Waals surface area contributed by atoms with Crippen molar-refractivity contribution in [1.29, 1.82) is 0 Å². The SMILES string of the molecule is COc1ccc2cc([C@H](C)C(=O)Nc3ccc(CCN(C)C)cc3)ccc2c1. The largest absolute Gasteiger partial charge is 0.497 e. The molecular formula is C24H28N2O2. The molecule has 4 heteroatoms. The zero-order valence-electron chi connectivity index (χ0n) is 17.0. The summed E-state index contributed by atoms with van der Waals surface area (Å²) in [5, 5.41) is 5.23. The fourth-order valence-corrected chi connectivity index (χ4v) is 3.15. The number of carbonyl (C=O) groups is 1. The van der Waals surface area contributed by atoms with Crippen molar-refractivity contribution in [2.45, 2.75) is 19.3 Å². The molecule has 0 spiro atoms. The zero-order valence-corrected chi connectivity index (χ0v) is 17.0. The summed E-state index contributed by atoms with van der Waals surface area (Å²) < 4.78 is 5.27. The first-order valence-corrected chi connectivity index (χ1v) is 9.58. The number of rotatable bonds is 7. The van der Waals surface area contributed by atoms with E-state index in [0.29, 0.717) is 0 Å². The Bertz CT molecular complexity index is 948. The van der Waals surface area contributed by atoms with Crippen LogP contribution in [0.4, 0.5) is 5.69 Å². The van der Waals surface area contributed by atoms with E-state index in [9.17, 15) is 4.79 Å². The van der Waals surface area contributed by atoms with Gasteiger partial charge in [-0.2, -0.15) is 0 Å². The minimum atomic E-state index is -0.236. The molecule has 3 aromatic rings. The van der Waals surface area contributed by atoms with E-state index in [4.69, 9.17) is 4.74 Å². The van der Waals surface area contributed by atoms with Crippen LogP contribution in [-0.4, -0.2) is 38.6 Å². The highest BCUT2D eigenvalue weighted by Gasteiger charge is 2.16. The van der Waals surface area contributed by atoms with Crippen LogP contribution in [0.25, 0.3) is 10.8 Å². The van der Waals surface area contributed by atoms with Crippen molar-refractivity contribution in [3.63, 3.8) is 0 Å². The van der Waals surface area contributed by atoms with Crippen molar-refractivity contribution in [2.75, 3.05) is 33.1 Å². The number of fused-ring (bicyclic) bond motifs is 1. The van der Waals surface area contributed by atoms with Crippen LogP contribution in [0, 0.1) is 0 Å². The molecule has 0 saturated carbocycles. The van der Waals surface area contributed by atoms with Gasteiger partial charge in [-0.3, -0.25) is 4.79 Å². The predicted octanol–water partition coefficient (Wildman–Crippen LogP) is 4.69. The van der Waals surface area contributed by atoms with Gasteiger partial charge in [0.2, 0.25) is 5.91 Å². The molecule has 0 aliphatic rings. The van der Waals surface area contributed by atoms with Gasteiger partial charge in [-0.25, -0.2) is 0 Å². The Hall–Kier alpha value is -2.85. The molecule has 28 heavy (non-hydrogen) atoms. The first kappa shape index (κ1) is 19.9. The lowest BCUT2D eigenvalue weighted by Crippen LogP contribution is -2.19. The third-order valence-electron chi connectivity index (χ3n) is 5.03. The Morgan fingerprint density at radius 2 is 1.68 bits per heavy atom. The van der Waals surface area contributed by atoms with Gasteiger partial charge in [-0.15, -0.1) is 0 Å². The van der Waals surface area contributed by atoms with Crippen LogP contribution < -0.4 is 10.1 Å². The Kier molecular flexibility index (Phi) is 6.32. The van der Waals surface area contributed by atoms with Crippen LogP contribution >= 0.6 is 0 Å². The van der Waals surface area contributed by atoms with Gasteiger partial charge in [0.1, 0.15) is 5.75 Å². The fourth-order valence-electron chi connectivity index (χ4n) is 3.15. The number of ether oxygens (including phenoxy) is 1. The number of likely N-dealkylation sites (N-methyl/N-ethyl adjacent to an activating group) is 1. The van der Waals surface area contributed by atoms with E-state index in [1.807, 2.05) is 49.4 Å². The molecular weight excluding hydrogens is 348 g/mol. The minimum Gasteiger partial charge on any atom is -0.497 e. The van der Waals surface area contributed by atoms with Crippen molar-refractivity contribution in [2.24, 2.45) is 0 Å². The summed E-state index contributed by atoms with van der Waals surface area (Å²) in [4.78, 5) is 14.9. The number of benzene rings is 3. The standard InChI is InChI=1S/C24H28N2O2/c1-17(19-7-8-21-16-23(28-4)12-9-20(21)15-19)24(27)25-22-10-5-18(6-11-22)13-14-26(2)3/h5-12,15-17H,13-14H2,1-4H3,(H,25,27)/t17-/m0/s1. The van der Waals surface area contributed by atoms with E-state index < -0.39 is 0 Å². The number of hydrogen-bond donors (Lipinski definition) is 1. The molecule has 0 aliphatic carbocycles. The van der Waals surface area contributed by atoms with Crippen molar-refractivity contribution in [3.8, 4) is 5.75 Å². The van der Waals surface area contributed by atoms with Crippen molar-refractivity contribution in [1.82, 2.24) is 4.90 Å². The van der Waals surface area contributed by atoms with Gasteiger partial charge in [-0.1, -0.05) is 36.4 Å². The highest BCUT2D eigenvalue weighted by molar-refractivity contribution is 5.96. The summed E-state index contributed by atoms with van der Waals surface area (Å²) in [7, 11) is 5.80. The lowest BCUT2D eigenvalue weighted by molar-refractivity contribution is -0.117. The number of hydrogen-bond acceptors (Lipinski definition) is 3. The van der Waals surface area contributed by atoms with Crippen molar-refractivity contribution < 1.29 is 9.53 Å². The van der Waals surface area contributed by atoms with Crippen LogP contribution in [-0.2, 0) is 11.2 Å². The van der Waals surface area contributed by atoms with Crippen LogP contribution in [0.1, 0.15) is 24.0 Å². The molecule has 0 bridgehead atoms. The second-order valence-corrected chi connectivity index (χ2v) is 7.43. The van der Waals surface area contributed by atoms with Gasteiger partial charge in [0, 0.05) is 12.2 Å². The Morgan fingerprint density at radius 1 is 1.00 bits per heavy atom. The number of carbonyl (C=O) groups excluding carboxylic acids is 1. The number of nitrogens with zero attached hydrogens (tertiary/aromatic N) is 1. The molecule has 0 heterocycles. The summed E-state index contributed by atoms with van der Waals surface area (Å²) in [6, 6.07) is 20.2. The average molecular weight is 377 g/mol. The van der Waals surface area contributed by atoms with E-state index in [1.54, 1.807) is 7.11 Å². The molecule has 0 aromatic heterocycles. The van der Waals surface area contributed by atoms with E-state index >= 15 is 0 Å². The molecule has 4 nitrogen and oxygen atoms in total. The molecule has 3 aromatic carbocycles. The molecule has 0 aliphatic heterocycles. The predicted molar refractivity (Wildman–Crippen MR) is 116 cm³/mol. The topological polar surface area (TPSA) is 41.6 Å². The summed E-state index contributed by atoms with van der Waals surface area (Å²) in [5.41, 5.74) is 3.10. The van der Waals surface area contributed by atoms with Crippen molar-refractivity contribution >= 4 is 22.4 Å². The monoisotopic (exact) mass is 376 g/mol. The average Bonchev–Trinajstić information content (AvgIpc) is 2.71. The van der Waals surface area contributed by atoms with Gasteiger partial charge < -0.3 is 15.0 Å². The quantitative estimate of drug-likeness (QED) is 0.650. The smallest absolute Gasteiger partial charge is 0.231 e. The Morgan fingerprint density at radius 3 is 2.36 bits per heavy atom. The number of methoxy groups -OCH3 is 1. The van der Waals surface area contributed by atoms with Gasteiger partial charge in [0.25, 0.3) is 0 Å². The van der Waals surface area contributed by atoms with Crippen LogP contribution in [0.2, 0.25) is 0 Å². The first-order valence-electron chi connectivity index (χ1n) is 9.58. The van der Waals surface area contributed by atoms with E-state index in [2.05, 4.69) is 42.5 Å². The maximum absolute atomic E-state index is 12.7. The maximum atomic E-state index is 12.7. The molecule has 1 atom stereocenters. The van der Waals surface area contributed by atoms with Gasteiger partial charge in [-0.05, 0) is 73.6 Å². The summed E-state index contributed by atoms with van der Waals surface area (Å²) in [6.07, 6.45) is 1.000. The normalized spacial score (nSPS) is 12.2. The summed E-state index contributed by atoms with van der Waals surface area (Å²) in [6.45, 7) is 2.95. The second kappa shape index (κ2) is 8.89. The molecule has 146 valence electrons. The molecule has 0 fully saturated rings. The molecule has 3 rings (SSSR count). The fraction of sp³-hybridized carbons (Fsp3) is 0.292. The first-order chi connectivity index (χ1) is 13.5. The Labute approximate surface area is 167 Å². The third kappa shape index (κ3) is 4.90. The Balaban J connectivity index is 1.67. The minimum absolute atomic E-state index is 0.00565. The maximum Gasteiger partial charge on any atom is 0.231 e. The number of amides is 1. The van der Waals surface area contributed by atoms with Crippen molar-refractivity contribution in [3.05, 3.63) is 71.8 Å². The molecule has 0 radical (unpaired) electrons. The molecule has 1 amide bonds. The number of nitrogens with one attached hydrogen (secondary N) is 1. The molecule has 1 N–H and O–H groups in total. The van der Waals surface area contributed by atoms with E-state index in [1.165, 1.54) is 5.56 Å². The van der Waals surface area contributed by atoms with Gasteiger partial charge in [0.15, 0.2) is 0 Å². The summed E-state index contributed by atoms with van der Waals surface area (Å²) in [5.74, 6) is 0.592. The van der Waals surface area contributed by atoms with E-state index in [-0.39, 0.29) is 11.8 Å². The lowest BCUT2D eigenvalue weighted by Gasteiger charge is -2.14. The van der Waals surface area contributed by atoms with Gasteiger partial charge >= 0.3 is 0 Å². The highest BCUT2D eigenvalue weighted by atomic mass is 16.5. The molecule has 0 saturated heterocycles. The van der Waals surface area contributed by atoms with Crippen LogP contribution in [0.5, 0.6) is 5.75 Å². The number of anilines is 1. The van der Waals surface area contributed by atoms with E-state index in [0.717, 1.165) is 40.7 Å². The summed E-state index contributed by atoms with van der Waals surface area (Å²) >= 11 is 0. The zero-order chi connectivity index (χ0) is 20.1. The van der Waals surface area contributed by atoms with Crippen LogP contribution in [0.15, 0.2) is 60.7 Å². The van der Waals surface area contributed by atoms with Gasteiger partial charge in [0.05, 0.1) is 13.0 Å². The van der Waals surface area contributed by atoms with Crippen LogP contribution in [0.3, 0.4) is 0 Å².